The van der Waals surface area contributed by atoms with E-state index in [1.807, 2.05) is 0 Å². The van der Waals surface area contributed by atoms with Crippen molar-refractivity contribution in [1.82, 2.24) is 0 Å². The fourth-order valence-corrected chi connectivity index (χ4v) is 0.945. The molecule has 1 N–H and O–H groups in total. The molecule has 3 nitrogen and oxygen atoms in total. The molecule has 0 spiro atoms. The second-order valence-corrected chi connectivity index (χ2v) is 2.76. The van der Waals surface area contributed by atoms with E-state index in [9.17, 15) is 9.18 Å². The molecular formula is C9H6ClFN2O. The average Bonchev–Trinajstić information content (AvgIpc) is 2.18. The van der Waals surface area contributed by atoms with Crippen LogP contribution in [0, 0.1) is 17.1 Å². The van der Waals surface area contributed by atoms with Gasteiger partial charge in [0.15, 0.2) is 0 Å². The summed E-state index contributed by atoms with van der Waals surface area (Å²) in [5.74, 6) is -1.28. The molecule has 1 aromatic rings. The van der Waals surface area contributed by atoms with Crippen molar-refractivity contribution >= 4 is 23.2 Å². The van der Waals surface area contributed by atoms with Gasteiger partial charge in [-0.2, -0.15) is 5.26 Å². The Morgan fingerprint density at radius 3 is 2.86 bits per heavy atom. The van der Waals surface area contributed by atoms with E-state index in [2.05, 4.69) is 5.32 Å². The normalized spacial score (nSPS) is 9.21. The molecule has 1 aromatic carbocycles. The van der Waals surface area contributed by atoms with Gasteiger partial charge < -0.3 is 5.32 Å². The van der Waals surface area contributed by atoms with E-state index in [-0.39, 0.29) is 17.1 Å². The number of halogens is 2. The van der Waals surface area contributed by atoms with Crippen molar-refractivity contribution in [3.63, 3.8) is 0 Å². The van der Waals surface area contributed by atoms with E-state index < -0.39 is 11.7 Å². The van der Waals surface area contributed by atoms with Crippen LogP contribution < -0.4 is 5.32 Å². The summed E-state index contributed by atoms with van der Waals surface area (Å²) < 4.78 is 13.0. The van der Waals surface area contributed by atoms with Crippen LogP contribution in [0.5, 0.6) is 0 Å². The standard InChI is InChI=1S/C9H6ClFN2O/c10-4-9(14)13-7-2-1-6(5-12)8(11)3-7/h1-3H,4H2,(H,13,14). The lowest BCUT2D eigenvalue weighted by Gasteiger charge is -2.02. The highest BCUT2D eigenvalue weighted by Crippen LogP contribution is 2.13. The SMILES string of the molecule is N#Cc1ccc(NC(=O)CCl)cc1F. The first-order valence-electron chi connectivity index (χ1n) is 3.73. The molecule has 0 aromatic heterocycles. The van der Waals surface area contributed by atoms with Gasteiger partial charge in [-0.25, -0.2) is 4.39 Å². The highest BCUT2D eigenvalue weighted by atomic mass is 35.5. The third-order valence-corrected chi connectivity index (χ3v) is 1.74. The number of anilines is 1. The molecule has 1 rings (SSSR count). The van der Waals surface area contributed by atoms with Crippen molar-refractivity contribution in [2.75, 3.05) is 11.2 Å². The quantitative estimate of drug-likeness (QED) is 0.761. The monoisotopic (exact) mass is 212 g/mol. The van der Waals surface area contributed by atoms with Gasteiger partial charge in [-0.3, -0.25) is 4.79 Å². The summed E-state index contributed by atoms with van der Waals surface area (Å²) in [5.41, 5.74) is 0.223. The molecule has 14 heavy (non-hydrogen) atoms. The summed E-state index contributed by atoms with van der Waals surface area (Å²) in [6, 6.07) is 5.48. The lowest BCUT2D eigenvalue weighted by molar-refractivity contribution is -0.113. The zero-order valence-electron chi connectivity index (χ0n) is 7.05. The molecular weight excluding hydrogens is 207 g/mol. The minimum absolute atomic E-state index is 0.0612. The van der Waals surface area contributed by atoms with Crippen molar-refractivity contribution in [2.45, 2.75) is 0 Å². The Labute approximate surface area is 85.1 Å². The molecule has 0 saturated heterocycles. The predicted molar refractivity (Wildman–Crippen MR) is 50.5 cm³/mol. The molecule has 0 atom stereocenters. The maximum Gasteiger partial charge on any atom is 0.239 e. The van der Waals surface area contributed by atoms with Crippen LogP contribution in [0.1, 0.15) is 5.56 Å². The number of nitriles is 1. The zero-order chi connectivity index (χ0) is 10.6. The Morgan fingerprint density at radius 2 is 2.36 bits per heavy atom. The van der Waals surface area contributed by atoms with Crippen molar-refractivity contribution < 1.29 is 9.18 Å². The number of hydrogen-bond donors (Lipinski definition) is 1. The predicted octanol–water partition coefficient (Wildman–Crippen LogP) is 1.87. The summed E-state index contributed by atoms with van der Waals surface area (Å²) >= 11 is 5.24. The molecule has 0 fully saturated rings. The summed E-state index contributed by atoms with van der Waals surface area (Å²) in [5, 5.41) is 10.8. The second-order valence-electron chi connectivity index (χ2n) is 2.49. The van der Waals surface area contributed by atoms with Crippen molar-refractivity contribution in [3.8, 4) is 6.07 Å². The summed E-state index contributed by atoms with van der Waals surface area (Å²) in [6.45, 7) is 0. The number of rotatable bonds is 2. The van der Waals surface area contributed by atoms with E-state index in [1.54, 1.807) is 6.07 Å². The molecule has 0 heterocycles. The van der Waals surface area contributed by atoms with Gasteiger partial charge in [0.25, 0.3) is 0 Å². The van der Waals surface area contributed by atoms with Crippen LogP contribution in [0.25, 0.3) is 0 Å². The smallest absolute Gasteiger partial charge is 0.239 e. The van der Waals surface area contributed by atoms with Crippen molar-refractivity contribution in [2.24, 2.45) is 0 Å². The number of amides is 1. The van der Waals surface area contributed by atoms with Crippen LogP contribution >= 0.6 is 11.6 Å². The summed E-state index contributed by atoms with van der Waals surface area (Å²) in [4.78, 5) is 10.8. The lowest BCUT2D eigenvalue weighted by Crippen LogP contribution is -2.12. The van der Waals surface area contributed by atoms with E-state index >= 15 is 0 Å². The lowest BCUT2D eigenvalue weighted by atomic mass is 10.2. The Bertz CT molecular complexity index is 400. The maximum atomic E-state index is 13.0. The minimum Gasteiger partial charge on any atom is -0.325 e. The van der Waals surface area contributed by atoms with E-state index in [0.29, 0.717) is 0 Å². The molecule has 5 heteroatoms. The van der Waals surface area contributed by atoms with Gasteiger partial charge in [-0.15, -0.1) is 11.6 Å². The highest BCUT2D eigenvalue weighted by Gasteiger charge is 2.04. The molecule has 0 unspecified atom stereocenters. The fraction of sp³-hybridized carbons (Fsp3) is 0.111. The molecule has 0 aliphatic rings. The van der Waals surface area contributed by atoms with E-state index in [0.717, 1.165) is 6.07 Å². The van der Waals surface area contributed by atoms with Gasteiger partial charge in [0, 0.05) is 5.69 Å². The fourth-order valence-electron chi connectivity index (χ4n) is 0.878. The topological polar surface area (TPSA) is 52.9 Å². The Balaban J connectivity index is 2.88. The van der Waals surface area contributed by atoms with Gasteiger partial charge in [0.05, 0.1) is 5.56 Å². The first-order valence-corrected chi connectivity index (χ1v) is 4.26. The Hall–Kier alpha value is -1.60. The first kappa shape index (κ1) is 10.5. The van der Waals surface area contributed by atoms with E-state index in [1.165, 1.54) is 12.1 Å². The summed E-state index contributed by atoms with van der Waals surface area (Å²) in [7, 11) is 0. The molecule has 0 bridgehead atoms. The number of carbonyl (C=O) groups is 1. The molecule has 72 valence electrons. The zero-order valence-corrected chi connectivity index (χ0v) is 7.81. The van der Waals surface area contributed by atoms with Crippen molar-refractivity contribution in [1.29, 1.82) is 5.26 Å². The molecule has 1 amide bonds. The van der Waals surface area contributed by atoms with Crippen molar-refractivity contribution in [3.05, 3.63) is 29.6 Å². The summed E-state index contributed by atoms with van der Waals surface area (Å²) in [6.07, 6.45) is 0. The first-order chi connectivity index (χ1) is 6.67. The minimum atomic E-state index is -0.667. The van der Waals surface area contributed by atoms with Crippen LogP contribution in [0.15, 0.2) is 18.2 Å². The van der Waals surface area contributed by atoms with Gasteiger partial charge in [0.2, 0.25) is 5.91 Å². The molecule has 0 aliphatic heterocycles. The second kappa shape index (κ2) is 4.58. The van der Waals surface area contributed by atoms with E-state index in [4.69, 9.17) is 16.9 Å². The van der Waals surface area contributed by atoms with Gasteiger partial charge >= 0.3 is 0 Å². The van der Waals surface area contributed by atoms with Crippen LogP contribution in [0.2, 0.25) is 0 Å². The third-order valence-electron chi connectivity index (χ3n) is 1.49. The maximum absolute atomic E-state index is 13.0. The Morgan fingerprint density at radius 1 is 1.64 bits per heavy atom. The average molecular weight is 213 g/mol. The third kappa shape index (κ3) is 2.44. The highest BCUT2D eigenvalue weighted by molar-refractivity contribution is 6.29. The number of carbonyl (C=O) groups excluding carboxylic acids is 1. The number of hydrogen-bond acceptors (Lipinski definition) is 2. The van der Waals surface area contributed by atoms with Gasteiger partial charge in [-0.1, -0.05) is 0 Å². The van der Waals surface area contributed by atoms with Gasteiger partial charge in [-0.05, 0) is 18.2 Å². The van der Waals surface area contributed by atoms with Crippen LogP contribution in [0.4, 0.5) is 10.1 Å². The van der Waals surface area contributed by atoms with Crippen LogP contribution in [-0.2, 0) is 4.79 Å². The Kier molecular flexibility index (Phi) is 3.43. The number of benzene rings is 1. The van der Waals surface area contributed by atoms with Crippen LogP contribution in [0.3, 0.4) is 0 Å². The molecule has 0 aliphatic carbocycles. The largest absolute Gasteiger partial charge is 0.325 e. The number of nitrogens with one attached hydrogen (secondary N) is 1. The van der Waals surface area contributed by atoms with Crippen LogP contribution in [-0.4, -0.2) is 11.8 Å². The van der Waals surface area contributed by atoms with Gasteiger partial charge in [0.1, 0.15) is 17.8 Å². The number of alkyl halides is 1. The molecule has 0 saturated carbocycles. The molecule has 0 radical (unpaired) electrons. The number of nitrogens with zero attached hydrogens (tertiary/aromatic N) is 1.